The second-order valence-electron chi connectivity index (χ2n) is 6.19. The van der Waals surface area contributed by atoms with Crippen molar-refractivity contribution in [2.75, 3.05) is 6.54 Å². The molecule has 22 heavy (non-hydrogen) atoms. The molecule has 1 aliphatic rings. The molecule has 0 N–H and O–H groups in total. The summed E-state index contributed by atoms with van der Waals surface area (Å²) >= 11 is 0. The summed E-state index contributed by atoms with van der Waals surface area (Å²) in [6, 6.07) is 11.7. The van der Waals surface area contributed by atoms with Crippen LogP contribution >= 0.6 is 0 Å². The van der Waals surface area contributed by atoms with Crippen molar-refractivity contribution in [3.8, 4) is 0 Å². The van der Waals surface area contributed by atoms with Crippen LogP contribution in [0.5, 0.6) is 0 Å². The van der Waals surface area contributed by atoms with Crippen molar-refractivity contribution in [1.82, 2.24) is 4.31 Å². The number of hydrogen-bond donors (Lipinski definition) is 0. The molecule has 0 amide bonds. The van der Waals surface area contributed by atoms with E-state index < -0.39 is 10.0 Å². The number of benzene rings is 2. The van der Waals surface area contributed by atoms with Crippen LogP contribution in [-0.4, -0.2) is 25.3 Å². The fraction of sp³-hybridized carbons (Fsp3) is 0.444. The number of nitrogens with zero attached hydrogens (tertiary/aromatic N) is 1. The summed E-state index contributed by atoms with van der Waals surface area (Å²) < 4.78 is 27.7. The highest BCUT2D eigenvalue weighted by molar-refractivity contribution is 7.89. The Morgan fingerprint density at radius 3 is 2.64 bits per heavy atom. The number of fused-ring (bicyclic) bond motifs is 1. The van der Waals surface area contributed by atoms with Gasteiger partial charge in [-0.25, -0.2) is 8.42 Å². The Morgan fingerprint density at radius 2 is 1.86 bits per heavy atom. The van der Waals surface area contributed by atoms with E-state index in [1.54, 1.807) is 10.4 Å². The largest absolute Gasteiger partial charge is 0.243 e. The van der Waals surface area contributed by atoms with Gasteiger partial charge < -0.3 is 0 Å². The molecule has 1 atom stereocenters. The molecule has 2 aromatic rings. The lowest BCUT2D eigenvalue weighted by Gasteiger charge is -2.34. The van der Waals surface area contributed by atoms with E-state index in [-0.39, 0.29) is 6.04 Å². The molecule has 1 fully saturated rings. The zero-order valence-corrected chi connectivity index (χ0v) is 14.1. The second kappa shape index (κ2) is 6.01. The van der Waals surface area contributed by atoms with Crippen LogP contribution in [0.3, 0.4) is 0 Å². The second-order valence-corrected chi connectivity index (χ2v) is 8.08. The maximum atomic E-state index is 13.0. The predicted molar refractivity (Wildman–Crippen MR) is 90.5 cm³/mol. The monoisotopic (exact) mass is 317 g/mol. The summed E-state index contributed by atoms with van der Waals surface area (Å²) in [5, 5.41) is 2.07. The average Bonchev–Trinajstić information content (AvgIpc) is 2.54. The minimum atomic E-state index is -3.39. The lowest BCUT2D eigenvalue weighted by Crippen LogP contribution is -2.43. The molecule has 118 valence electrons. The lowest BCUT2D eigenvalue weighted by atomic mass is 10.0. The third-order valence-corrected chi connectivity index (χ3v) is 6.57. The third-order valence-electron chi connectivity index (χ3n) is 4.62. The zero-order valence-electron chi connectivity index (χ0n) is 13.2. The van der Waals surface area contributed by atoms with E-state index >= 15 is 0 Å². The lowest BCUT2D eigenvalue weighted by molar-refractivity contribution is 0.246. The number of rotatable bonds is 3. The Balaban J connectivity index is 2.04. The van der Waals surface area contributed by atoms with E-state index in [4.69, 9.17) is 0 Å². The molecule has 2 aromatic carbocycles. The fourth-order valence-electron chi connectivity index (χ4n) is 3.34. The Morgan fingerprint density at radius 1 is 1.09 bits per heavy atom. The maximum Gasteiger partial charge on any atom is 0.243 e. The van der Waals surface area contributed by atoms with E-state index in [1.165, 1.54) is 0 Å². The molecule has 0 saturated carbocycles. The molecule has 0 aliphatic carbocycles. The third kappa shape index (κ3) is 2.77. The first-order valence-electron chi connectivity index (χ1n) is 8.04. The van der Waals surface area contributed by atoms with Gasteiger partial charge in [-0.05, 0) is 49.1 Å². The van der Waals surface area contributed by atoms with Crippen molar-refractivity contribution in [3.63, 3.8) is 0 Å². The quantitative estimate of drug-likeness (QED) is 0.854. The van der Waals surface area contributed by atoms with Crippen molar-refractivity contribution in [2.45, 2.75) is 50.5 Å². The van der Waals surface area contributed by atoms with Gasteiger partial charge in [-0.3, -0.25) is 0 Å². The Kier molecular flexibility index (Phi) is 4.24. The highest BCUT2D eigenvalue weighted by Crippen LogP contribution is 2.28. The van der Waals surface area contributed by atoms with Gasteiger partial charge in [0.2, 0.25) is 10.0 Å². The van der Waals surface area contributed by atoms with Gasteiger partial charge in [-0.15, -0.1) is 0 Å². The first-order valence-corrected chi connectivity index (χ1v) is 9.48. The van der Waals surface area contributed by atoms with Crippen molar-refractivity contribution in [3.05, 3.63) is 42.0 Å². The van der Waals surface area contributed by atoms with Gasteiger partial charge in [0.05, 0.1) is 4.90 Å². The van der Waals surface area contributed by atoms with Gasteiger partial charge in [-0.1, -0.05) is 43.2 Å². The number of piperidine rings is 1. The first kappa shape index (κ1) is 15.5. The van der Waals surface area contributed by atoms with E-state index in [0.717, 1.165) is 42.0 Å². The molecule has 3 nitrogen and oxygen atoms in total. The van der Waals surface area contributed by atoms with Crippen LogP contribution in [0.15, 0.2) is 41.3 Å². The van der Waals surface area contributed by atoms with Crippen LogP contribution in [-0.2, 0) is 10.0 Å². The molecule has 0 unspecified atom stereocenters. The number of aryl methyl sites for hydroxylation is 1. The summed E-state index contributed by atoms with van der Waals surface area (Å²) in [7, 11) is -3.39. The summed E-state index contributed by atoms with van der Waals surface area (Å²) in [5.41, 5.74) is 1.14. The summed E-state index contributed by atoms with van der Waals surface area (Å²) in [6.07, 6.45) is 3.94. The van der Waals surface area contributed by atoms with Crippen LogP contribution in [0.25, 0.3) is 10.8 Å². The van der Waals surface area contributed by atoms with Crippen LogP contribution < -0.4 is 0 Å². The Bertz CT molecular complexity index is 783. The van der Waals surface area contributed by atoms with Gasteiger partial charge in [0, 0.05) is 12.6 Å². The van der Waals surface area contributed by atoms with Crippen LogP contribution in [0, 0.1) is 6.92 Å². The van der Waals surface area contributed by atoms with E-state index in [9.17, 15) is 8.42 Å². The SMILES string of the molecule is CC[C@@H]1CCCCN1S(=O)(=O)c1ccc2ccc(C)cc2c1. The average molecular weight is 317 g/mol. The first-order chi connectivity index (χ1) is 10.5. The summed E-state index contributed by atoms with van der Waals surface area (Å²) in [5.74, 6) is 0. The molecular formula is C18H23NO2S. The molecule has 3 rings (SSSR count). The van der Waals surface area contributed by atoms with Crippen molar-refractivity contribution in [1.29, 1.82) is 0 Å². The van der Waals surface area contributed by atoms with Gasteiger partial charge in [0.15, 0.2) is 0 Å². The summed E-state index contributed by atoms with van der Waals surface area (Å²) in [4.78, 5) is 0.422. The molecule has 4 heteroatoms. The number of sulfonamides is 1. The van der Waals surface area contributed by atoms with Crippen LogP contribution in [0.2, 0.25) is 0 Å². The normalized spacial score (nSPS) is 20.4. The van der Waals surface area contributed by atoms with E-state index in [2.05, 4.69) is 6.92 Å². The minimum absolute atomic E-state index is 0.145. The van der Waals surface area contributed by atoms with Crippen molar-refractivity contribution >= 4 is 20.8 Å². The highest BCUT2D eigenvalue weighted by atomic mass is 32.2. The van der Waals surface area contributed by atoms with Crippen LogP contribution in [0.4, 0.5) is 0 Å². The molecule has 0 bridgehead atoms. The zero-order chi connectivity index (χ0) is 15.7. The predicted octanol–water partition coefficient (Wildman–Crippen LogP) is 4.10. The number of hydrogen-bond acceptors (Lipinski definition) is 2. The van der Waals surface area contributed by atoms with Crippen molar-refractivity contribution in [2.24, 2.45) is 0 Å². The van der Waals surface area contributed by atoms with Gasteiger partial charge in [-0.2, -0.15) is 4.31 Å². The molecule has 0 spiro atoms. The topological polar surface area (TPSA) is 37.4 Å². The minimum Gasteiger partial charge on any atom is -0.207 e. The molecular weight excluding hydrogens is 294 g/mol. The smallest absolute Gasteiger partial charge is 0.207 e. The van der Waals surface area contributed by atoms with Crippen LogP contribution in [0.1, 0.15) is 38.2 Å². The highest BCUT2D eigenvalue weighted by Gasteiger charge is 2.32. The Hall–Kier alpha value is -1.39. The van der Waals surface area contributed by atoms with Gasteiger partial charge in [0.25, 0.3) is 0 Å². The fourth-order valence-corrected chi connectivity index (χ4v) is 5.14. The molecule has 1 aliphatic heterocycles. The molecule has 1 saturated heterocycles. The standard InChI is InChI=1S/C18H23NO2S/c1-3-17-6-4-5-11-19(17)22(20,21)18-10-9-15-8-7-14(2)12-16(15)13-18/h7-10,12-13,17H,3-6,11H2,1-2H3/t17-/m1/s1. The summed E-state index contributed by atoms with van der Waals surface area (Å²) in [6.45, 7) is 4.74. The molecule has 1 heterocycles. The Labute approximate surface area is 133 Å². The van der Waals surface area contributed by atoms with Gasteiger partial charge in [0.1, 0.15) is 0 Å². The molecule has 0 aromatic heterocycles. The van der Waals surface area contributed by atoms with E-state index in [1.807, 2.05) is 37.3 Å². The van der Waals surface area contributed by atoms with Gasteiger partial charge >= 0.3 is 0 Å². The van der Waals surface area contributed by atoms with Crippen molar-refractivity contribution < 1.29 is 8.42 Å². The van der Waals surface area contributed by atoms with E-state index in [0.29, 0.717) is 11.4 Å². The maximum absolute atomic E-state index is 13.0. The molecule has 0 radical (unpaired) electrons.